The van der Waals surface area contributed by atoms with Gasteiger partial charge in [0.2, 0.25) is 0 Å². The van der Waals surface area contributed by atoms with Gasteiger partial charge < -0.3 is 25.8 Å². The largest absolute Gasteiger partial charge is 0.481 e. The molecule has 0 amide bonds. The van der Waals surface area contributed by atoms with Gasteiger partial charge in [0.25, 0.3) is 0 Å². The molecule has 8 heteroatoms. The number of likely N-dealkylation sites (N-methyl/N-ethyl adjacent to an activating group) is 1. The van der Waals surface area contributed by atoms with Gasteiger partial charge in [-0.25, -0.2) is 0 Å². The van der Waals surface area contributed by atoms with Crippen LogP contribution >= 0.6 is 0 Å². The van der Waals surface area contributed by atoms with E-state index in [1.54, 1.807) is 0 Å². The van der Waals surface area contributed by atoms with E-state index in [1.165, 1.54) is 0 Å². The molecule has 0 aromatic rings. The van der Waals surface area contributed by atoms with Crippen molar-refractivity contribution in [2.75, 3.05) is 34.2 Å². The maximum Gasteiger partial charge on any atom is 0.323 e. The lowest BCUT2D eigenvalue weighted by molar-refractivity contribution is -0.873. The molecule has 146 valence electrons. The second-order valence-electron chi connectivity index (χ2n) is 7.87. The number of carbonyl (C=O) groups is 3. The number of hydrogen-bond donors (Lipinski definition) is 3. The summed E-state index contributed by atoms with van der Waals surface area (Å²) in [6, 6.07) is -0.881. The van der Waals surface area contributed by atoms with E-state index in [-0.39, 0.29) is 18.9 Å². The Morgan fingerprint density at radius 3 is 2.12 bits per heavy atom. The number of quaternary nitrogens is 1. The van der Waals surface area contributed by atoms with Gasteiger partial charge in [-0.2, -0.15) is 0 Å². The molecular weight excluding hydrogens is 326 g/mol. The normalized spacial score (nSPS) is 15.5. The molecule has 0 aliphatic heterocycles. The molecule has 0 bridgehead atoms. The Balaban J connectivity index is 5.38. The molecule has 3 atom stereocenters. The van der Waals surface area contributed by atoms with Gasteiger partial charge in [-0.3, -0.25) is 14.4 Å². The van der Waals surface area contributed by atoms with E-state index in [4.69, 9.17) is 16.2 Å². The minimum atomic E-state index is -1.40. The van der Waals surface area contributed by atoms with Gasteiger partial charge in [0, 0.05) is 6.42 Å². The van der Waals surface area contributed by atoms with E-state index in [1.807, 2.05) is 35.0 Å². The Labute approximate surface area is 150 Å². The van der Waals surface area contributed by atoms with Crippen molar-refractivity contribution in [3.8, 4) is 0 Å². The topological polar surface area (TPSA) is 133 Å². The number of hydrogen-bond acceptors (Lipinski definition) is 6. The Morgan fingerprint density at radius 2 is 1.72 bits per heavy atom. The number of aliphatic carboxylic acids is 1. The highest BCUT2D eigenvalue weighted by molar-refractivity contribution is 5.99. The molecule has 0 aromatic heterocycles. The van der Waals surface area contributed by atoms with Crippen LogP contribution < -0.4 is 11.5 Å². The van der Waals surface area contributed by atoms with E-state index in [0.29, 0.717) is 23.9 Å². The molecule has 0 aliphatic rings. The van der Waals surface area contributed by atoms with Crippen LogP contribution in [-0.4, -0.2) is 73.7 Å². The summed E-state index contributed by atoms with van der Waals surface area (Å²) in [5.74, 6) is -3.81. The molecule has 0 fully saturated rings. The van der Waals surface area contributed by atoms with Crippen molar-refractivity contribution in [3.05, 3.63) is 0 Å². The van der Waals surface area contributed by atoms with Crippen LogP contribution in [0.5, 0.6) is 0 Å². The van der Waals surface area contributed by atoms with Gasteiger partial charge in [0.1, 0.15) is 12.6 Å². The van der Waals surface area contributed by atoms with Crippen molar-refractivity contribution in [2.24, 2.45) is 23.3 Å². The molecule has 0 saturated heterocycles. The minimum Gasteiger partial charge on any atom is -0.481 e. The monoisotopic (exact) mass is 360 g/mol. The van der Waals surface area contributed by atoms with Crippen molar-refractivity contribution >= 4 is 17.7 Å². The fourth-order valence-corrected chi connectivity index (χ4v) is 2.48. The molecule has 0 aliphatic carbocycles. The third kappa shape index (κ3) is 9.52. The molecule has 0 saturated carbocycles. The standard InChI is InChI=1S/C17H33N3O5/c1-11(2)9-13(21)15(16(22)23)14(10-20(3,4)5)25-17(24)12(19)7-6-8-18/h11-12,14-15H,6-10,18-19H2,1-5H3/p+1/t12-,14?,15?/m0/s1. The third-order valence-corrected chi connectivity index (χ3v) is 3.61. The average Bonchev–Trinajstić information content (AvgIpc) is 2.41. The Morgan fingerprint density at radius 1 is 1.16 bits per heavy atom. The van der Waals surface area contributed by atoms with Gasteiger partial charge in [-0.15, -0.1) is 0 Å². The number of esters is 1. The van der Waals surface area contributed by atoms with Gasteiger partial charge in [-0.05, 0) is 25.3 Å². The van der Waals surface area contributed by atoms with Gasteiger partial charge in [-0.1, -0.05) is 13.8 Å². The van der Waals surface area contributed by atoms with Crippen LogP contribution in [0, 0.1) is 11.8 Å². The van der Waals surface area contributed by atoms with Crippen LogP contribution in [0.4, 0.5) is 0 Å². The van der Waals surface area contributed by atoms with Crippen molar-refractivity contribution in [1.82, 2.24) is 0 Å². The van der Waals surface area contributed by atoms with Gasteiger partial charge >= 0.3 is 11.9 Å². The number of nitrogens with zero attached hydrogens (tertiary/aromatic N) is 1. The minimum absolute atomic E-state index is 0.0154. The van der Waals surface area contributed by atoms with Crippen LogP contribution in [0.15, 0.2) is 0 Å². The summed E-state index contributed by atoms with van der Waals surface area (Å²) in [7, 11) is 5.50. The number of ketones is 1. The number of carbonyl (C=O) groups excluding carboxylic acids is 2. The first kappa shape index (κ1) is 23.5. The van der Waals surface area contributed by atoms with E-state index < -0.39 is 35.8 Å². The van der Waals surface area contributed by atoms with E-state index in [9.17, 15) is 19.5 Å². The van der Waals surface area contributed by atoms with Crippen LogP contribution in [0.25, 0.3) is 0 Å². The number of Topliss-reactive ketones (excluding diaryl/α,β-unsaturated/α-hetero) is 1. The van der Waals surface area contributed by atoms with Crippen LogP contribution in [-0.2, 0) is 19.1 Å². The smallest absolute Gasteiger partial charge is 0.323 e. The van der Waals surface area contributed by atoms with Gasteiger partial charge in [0.05, 0.1) is 21.1 Å². The van der Waals surface area contributed by atoms with Crippen LogP contribution in [0.2, 0.25) is 0 Å². The molecule has 0 aromatic carbocycles. The lowest BCUT2D eigenvalue weighted by Gasteiger charge is -2.32. The second kappa shape index (κ2) is 10.5. The highest BCUT2D eigenvalue weighted by atomic mass is 16.5. The Hall–Kier alpha value is -1.51. The van der Waals surface area contributed by atoms with Crippen molar-refractivity contribution in [2.45, 2.75) is 45.3 Å². The first-order valence-corrected chi connectivity index (χ1v) is 8.61. The fourth-order valence-electron chi connectivity index (χ4n) is 2.48. The molecule has 0 spiro atoms. The third-order valence-electron chi connectivity index (χ3n) is 3.61. The van der Waals surface area contributed by atoms with Crippen molar-refractivity contribution < 1.29 is 28.7 Å². The Kier molecular flexibility index (Phi) is 9.84. The van der Waals surface area contributed by atoms with Crippen LogP contribution in [0.3, 0.4) is 0 Å². The number of nitrogens with two attached hydrogens (primary N) is 2. The Bertz CT molecular complexity index is 460. The summed E-state index contributed by atoms with van der Waals surface area (Å²) in [5.41, 5.74) is 11.2. The van der Waals surface area contributed by atoms with E-state index in [0.717, 1.165) is 0 Å². The number of rotatable bonds is 12. The summed E-state index contributed by atoms with van der Waals surface area (Å²) in [6.45, 7) is 4.25. The molecule has 0 radical (unpaired) electrons. The average molecular weight is 360 g/mol. The quantitative estimate of drug-likeness (QED) is 0.253. The highest BCUT2D eigenvalue weighted by Crippen LogP contribution is 2.19. The van der Waals surface area contributed by atoms with Gasteiger partial charge in [0.15, 0.2) is 17.8 Å². The number of carboxylic acid groups (broad SMARTS) is 1. The maximum atomic E-state index is 12.4. The zero-order valence-electron chi connectivity index (χ0n) is 16.0. The maximum absolute atomic E-state index is 12.4. The zero-order chi connectivity index (χ0) is 19.8. The first-order chi connectivity index (χ1) is 11.4. The number of ether oxygens (including phenoxy) is 1. The molecule has 0 rings (SSSR count). The predicted octanol–water partition coefficient (Wildman–Crippen LogP) is -0.0134. The van der Waals surface area contributed by atoms with E-state index in [2.05, 4.69) is 0 Å². The molecular formula is C17H34N3O5+. The first-order valence-electron chi connectivity index (χ1n) is 8.61. The SMILES string of the molecule is CC(C)CC(=O)C(C(=O)O)C(C[N+](C)(C)C)OC(=O)[C@@H](N)CCCN. The van der Waals surface area contributed by atoms with Crippen LogP contribution in [0.1, 0.15) is 33.1 Å². The summed E-state index contributed by atoms with van der Waals surface area (Å²) in [6.07, 6.45) is -0.0451. The van der Waals surface area contributed by atoms with E-state index >= 15 is 0 Å². The fraction of sp³-hybridized carbons (Fsp3) is 0.824. The summed E-state index contributed by atoms with van der Waals surface area (Å²) in [4.78, 5) is 36.3. The predicted molar refractivity (Wildman–Crippen MR) is 94.6 cm³/mol. The molecule has 2 unspecified atom stereocenters. The molecule has 8 nitrogen and oxygen atoms in total. The second-order valence-corrected chi connectivity index (χ2v) is 7.87. The zero-order valence-corrected chi connectivity index (χ0v) is 16.0. The lowest BCUT2D eigenvalue weighted by Crippen LogP contribution is -2.51. The lowest BCUT2D eigenvalue weighted by atomic mass is 9.91. The van der Waals surface area contributed by atoms with Crippen molar-refractivity contribution in [1.29, 1.82) is 0 Å². The molecule has 5 N–H and O–H groups in total. The molecule has 25 heavy (non-hydrogen) atoms. The summed E-state index contributed by atoms with van der Waals surface area (Å²) >= 11 is 0. The summed E-state index contributed by atoms with van der Waals surface area (Å²) in [5, 5.41) is 9.55. The summed E-state index contributed by atoms with van der Waals surface area (Å²) < 4.78 is 5.73. The highest BCUT2D eigenvalue weighted by Gasteiger charge is 2.41. The number of carboxylic acids is 1. The van der Waals surface area contributed by atoms with Crippen molar-refractivity contribution in [3.63, 3.8) is 0 Å². The molecule has 0 heterocycles.